The highest BCUT2D eigenvalue weighted by molar-refractivity contribution is 9.10. The molecule has 0 fully saturated rings. The average molecular weight is 358 g/mol. The van der Waals surface area contributed by atoms with Crippen molar-refractivity contribution in [3.63, 3.8) is 0 Å². The number of halogens is 2. The van der Waals surface area contributed by atoms with Crippen LogP contribution in [0.1, 0.15) is 12.7 Å². The standard InChI is InChI=1S/C14H14BrClN2O2/c1-2-13-17-12(16)9-14(19)18(13)6-7-20-11-5-3-4-10(15)8-11/h3-5,8-9H,2,6-7H2,1H3. The lowest BCUT2D eigenvalue weighted by Gasteiger charge is -2.12. The molecule has 0 atom stereocenters. The van der Waals surface area contributed by atoms with E-state index < -0.39 is 0 Å². The first-order chi connectivity index (χ1) is 9.60. The molecule has 0 spiro atoms. The minimum Gasteiger partial charge on any atom is -0.492 e. The predicted molar refractivity (Wildman–Crippen MR) is 82.5 cm³/mol. The van der Waals surface area contributed by atoms with E-state index in [0.717, 1.165) is 10.2 Å². The quantitative estimate of drug-likeness (QED) is 0.771. The van der Waals surface area contributed by atoms with Gasteiger partial charge in [-0.2, -0.15) is 0 Å². The van der Waals surface area contributed by atoms with Gasteiger partial charge in [0.25, 0.3) is 5.56 Å². The van der Waals surface area contributed by atoms with Gasteiger partial charge in [-0.3, -0.25) is 9.36 Å². The number of ether oxygens (including phenoxy) is 1. The summed E-state index contributed by atoms with van der Waals surface area (Å²) in [6, 6.07) is 8.89. The Morgan fingerprint density at radius 1 is 1.40 bits per heavy atom. The highest BCUT2D eigenvalue weighted by Crippen LogP contribution is 2.17. The van der Waals surface area contributed by atoms with Gasteiger partial charge < -0.3 is 4.74 Å². The number of aromatic nitrogens is 2. The van der Waals surface area contributed by atoms with Crippen LogP contribution in [-0.4, -0.2) is 16.2 Å². The lowest BCUT2D eigenvalue weighted by Crippen LogP contribution is -2.26. The van der Waals surface area contributed by atoms with Gasteiger partial charge in [0.1, 0.15) is 23.3 Å². The SMILES string of the molecule is CCc1nc(Cl)cc(=O)n1CCOc1cccc(Br)c1. The lowest BCUT2D eigenvalue weighted by molar-refractivity contribution is 0.293. The average Bonchev–Trinajstić information content (AvgIpc) is 2.40. The van der Waals surface area contributed by atoms with E-state index in [2.05, 4.69) is 20.9 Å². The minimum atomic E-state index is -0.153. The van der Waals surface area contributed by atoms with E-state index in [-0.39, 0.29) is 10.7 Å². The maximum atomic E-state index is 11.9. The summed E-state index contributed by atoms with van der Waals surface area (Å²) in [6.07, 6.45) is 0.646. The van der Waals surface area contributed by atoms with Gasteiger partial charge in [-0.25, -0.2) is 4.98 Å². The molecule has 4 nitrogen and oxygen atoms in total. The van der Waals surface area contributed by atoms with Crippen molar-refractivity contribution < 1.29 is 4.74 Å². The minimum absolute atomic E-state index is 0.153. The summed E-state index contributed by atoms with van der Waals surface area (Å²) >= 11 is 9.17. The summed E-state index contributed by atoms with van der Waals surface area (Å²) in [7, 11) is 0. The molecular weight excluding hydrogens is 344 g/mol. The van der Waals surface area contributed by atoms with E-state index in [1.807, 2.05) is 31.2 Å². The molecule has 1 heterocycles. The lowest BCUT2D eigenvalue weighted by atomic mass is 10.3. The summed E-state index contributed by atoms with van der Waals surface area (Å²) in [6.45, 7) is 2.77. The van der Waals surface area contributed by atoms with Crippen molar-refractivity contribution in [3.8, 4) is 5.75 Å². The molecule has 2 rings (SSSR count). The van der Waals surface area contributed by atoms with Gasteiger partial charge in [0.15, 0.2) is 0 Å². The number of rotatable bonds is 5. The first-order valence-electron chi connectivity index (χ1n) is 6.24. The second kappa shape index (κ2) is 6.90. The van der Waals surface area contributed by atoms with Crippen LogP contribution in [-0.2, 0) is 13.0 Å². The van der Waals surface area contributed by atoms with Gasteiger partial charge in [0.05, 0.1) is 6.54 Å². The molecule has 0 radical (unpaired) electrons. The Kier molecular flexibility index (Phi) is 5.20. The highest BCUT2D eigenvalue weighted by Gasteiger charge is 2.06. The molecule has 0 aliphatic heterocycles. The normalized spacial score (nSPS) is 10.6. The Bertz CT molecular complexity index is 658. The first kappa shape index (κ1) is 15.1. The summed E-state index contributed by atoms with van der Waals surface area (Å²) in [5, 5.41) is 0.232. The zero-order valence-electron chi connectivity index (χ0n) is 11.0. The van der Waals surface area contributed by atoms with Gasteiger partial charge >= 0.3 is 0 Å². The van der Waals surface area contributed by atoms with E-state index in [1.165, 1.54) is 6.07 Å². The molecule has 0 bridgehead atoms. The molecule has 2 aromatic rings. The Hall–Kier alpha value is -1.33. The number of hydrogen-bond donors (Lipinski definition) is 0. The van der Waals surface area contributed by atoms with Gasteiger partial charge in [-0.05, 0) is 18.2 Å². The summed E-state index contributed by atoms with van der Waals surface area (Å²) < 4.78 is 8.17. The van der Waals surface area contributed by atoms with Crippen LogP contribution in [0.2, 0.25) is 5.15 Å². The number of hydrogen-bond acceptors (Lipinski definition) is 3. The number of aryl methyl sites for hydroxylation is 1. The molecule has 0 saturated heterocycles. The largest absolute Gasteiger partial charge is 0.492 e. The monoisotopic (exact) mass is 356 g/mol. The molecule has 6 heteroatoms. The van der Waals surface area contributed by atoms with Gasteiger partial charge in [0.2, 0.25) is 0 Å². The molecule has 0 aliphatic rings. The third-order valence-electron chi connectivity index (χ3n) is 2.75. The summed E-state index contributed by atoms with van der Waals surface area (Å²) in [5.41, 5.74) is -0.153. The van der Waals surface area contributed by atoms with Crippen molar-refractivity contribution in [2.24, 2.45) is 0 Å². The first-order valence-corrected chi connectivity index (χ1v) is 7.42. The zero-order valence-corrected chi connectivity index (χ0v) is 13.3. The molecule has 0 unspecified atom stereocenters. The van der Waals surface area contributed by atoms with Crippen molar-refractivity contribution in [1.82, 2.24) is 9.55 Å². The molecule has 0 aliphatic carbocycles. The molecule has 106 valence electrons. The zero-order chi connectivity index (χ0) is 14.5. The number of nitrogens with zero attached hydrogens (tertiary/aromatic N) is 2. The Balaban J connectivity index is 2.06. The van der Waals surface area contributed by atoms with E-state index in [1.54, 1.807) is 4.57 Å². The molecule has 1 aromatic carbocycles. The smallest absolute Gasteiger partial charge is 0.255 e. The van der Waals surface area contributed by atoms with Crippen LogP contribution >= 0.6 is 27.5 Å². The third kappa shape index (κ3) is 3.84. The van der Waals surface area contributed by atoms with Crippen LogP contribution < -0.4 is 10.3 Å². The van der Waals surface area contributed by atoms with Crippen molar-refractivity contribution in [2.75, 3.05) is 6.61 Å². The Labute approximate surface area is 130 Å². The van der Waals surface area contributed by atoms with Crippen LogP contribution in [0.3, 0.4) is 0 Å². The summed E-state index contributed by atoms with van der Waals surface area (Å²) in [4.78, 5) is 16.0. The van der Waals surface area contributed by atoms with Gasteiger partial charge in [-0.1, -0.05) is 40.5 Å². The maximum absolute atomic E-state index is 11.9. The fourth-order valence-electron chi connectivity index (χ4n) is 1.84. The summed E-state index contributed by atoms with van der Waals surface area (Å²) in [5.74, 6) is 1.42. The Morgan fingerprint density at radius 2 is 2.20 bits per heavy atom. The molecule has 20 heavy (non-hydrogen) atoms. The van der Waals surface area contributed by atoms with Crippen LogP contribution in [0.5, 0.6) is 5.75 Å². The van der Waals surface area contributed by atoms with E-state index in [4.69, 9.17) is 16.3 Å². The Morgan fingerprint density at radius 3 is 2.90 bits per heavy atom. The molecular formula is C14H14BrClN2O2. The van der Waals surface area contributed by atoms with Crippen molar-refractivity contribution >= 4 is 27.5 Å². The van der Waals surface area contributed by atoms with Crippen molar-refractivity contribution in [1.29, 1.82) is 0 Å². The van der Waals surface area contributed by atoms with Crippen LogP contribution in [0.25, 0.3) is 0 Å². The van der Waals surface area contributed by atoms with Crippen LogP contribution in [0.15, 0.2) is 39.6 Å². The van der Waals surface area contributed by atoms with E-state index >= 15 is 0 Å². The van der Waals surface area contributed by atoms with E-state index in [9.17, 15) is 4.79 Å². The predicted octanol–water partition coefficient (Wildman–Crippen LogP) is 3.30. The van der Waals surface area contributed by atoms with Crippen LogP contribution in [0, 0.1) is 0 Å². The topological polar surface area (TPSA) is 44.1 Å². The highest BCUT2D eigenvalue weighted by atomic mass is 79.9. The van der Waals surface area contributed by atoms with Crippen molar-refractivity contribution in [2.45, 2.75) is 19.9 Å². The van der Waals surface area contributed by atoms with Crippen molar-refractivity contribution in [3.05, 3.63) is 56.1 Å². The second-order valence-electron chi connectivity index (χ2n) is 4.14. The van der Waals surface area contributed by atoms with Gasteiger partial charge in [-0.15, -0.1) is 0 Å². The molecule has 0 saturated carbocycles. The molecule has 1 aromatic heterocycles. The number of benzene rings is 1. The van der Waals surface area contributed by atoms with Gasteiger partial charge in [0, 0.05) is 17.0 Å². The van der Waals surface area contributed by atoms with Crippen LogP contribution in [0.4, 0.5) is 0 Å². The molecule has 0 amide bonds. The van der Waals surface area contributed by atoms with E-state index in [0.29, 0.717) is 25.4 Å². The fourth-order valence-corrected chi connectivity index (χ4v) is 2.41. The fraction of sp³-hybridized carbons (Fsp3) is 0.286. The maximum Gasteiger partial charge on any atom is 0.255 e. The third-order valence-corrected chi connectivity index (χ3v) is 3.44. The second-order valence-corrected chi connectivity index (χ2v) is 5.45. The molecule has 0 N–H and O–H groups in total.